The Morgan fingerprint density at radius 3 is 2.23 bits per heavy atom. The molecule has 1 aromatic heterocycles. The van der Waals surface area contributed by atoms with Gasteiger partial charge in [-0.25, -0.2) is 4.79 Å². The van der Waals surface area contributed by atoms with Gasteiger partial charge in [0.15, 0.2) is 5.17 Å². The highest BCUT2D eigenvalue weighted by Crippen LogP contribution is 2.30. The number of aliphatic imine (C=N–C) groups is 1. The second-order valence-corrected chi connectivity index (χ2v) is 13.0. The molecule has 1 aliphatic heterocycles. The van der Waals surface area contributed by atoms with Gasteiger partial charge in [0.05, 0.1) is 29.5 Å². The van der Waals surface area contributed by atoms with E-state index in [1.165, 1.54) is 18.1 Å². The Bertz CT molecular complexity index is 2110. The number of esters is 1. The zero-order valence-electron chi connectivity index (χ0n) is 29.1. The van der Waals surface area contributed by atoms with E-state index in [2.05, 4.69) is 16.9 Å². The standard InChI is InChI=1S/C41H37ClN4O5S/c1-6-8-19-31(7-2)46-39(49)34(23-30-22-26(3)45(27(30)4)32-20-21-33(35(42)24-32)40(50)51-5)38(48)44-41(46)52-25-36(47)43-37(28-15-11-9-12-16-28)29-17-13-10-14-18-29/h6-24,37H,1,25H2,2-5H3,(H,43,47)/b19-8-,31-7+,34-23+. The number of hydrogen-bond acceptors (Lipinski definition) is 6. The first-order chi connectivity index (χ1) is 25.1. The van der Waals surface area contributed by atoms with Crippen LogP contribution in [0.4, 0.5) is 0 Å². The number of amidine groups is 1. The number of nitrogens with one attached hydrogen (secondary N) is 1. The third kappa shape index (κ3) is 8.25. The molecule has 0 radical (unpaired) electrons. The van der Waals surface area contributed by atoms with Crippen LogP contribution in [0.5, 0.6) is 0 Å². The first kappa shape index (κ1) is 37.5. The number of carbonyl (C=O) groups excluding carboxylic acids is 4. The highest BCUT2D eigenvalue weighted by atomic mass is 35.5. The molecule has 0 aliphatic carbocycles. The van der Waals surface area contributed by atoms with E-state index in [4.69, 9.17) is 16.3 Å². The summed E-state index contributed by atoms with van der Waals surface area (Å²) in [6.07, 6.45) is 8.17. The summed E-state index contributed by atoms with van der Waals surface area (Å²) < 4.78 is 6.71. The molecule has 0 unspecified atom stereocenters. The Morgan fingerprint density at radius 1 is 1.00 bits per heavy atom. The molecule has 0 saturated heterocycles. The van der Waals surface area contributed by atoms with Gasteiger partial charge in [0.2, 0.25) is 5.91 Å². The van der Waals surface area contributed by atoms with Crippen LogP contribution in [0.25, 0.3) is 11.8 Å². The molecular weight excluding hydrogens is 696 g/mol. The number of amides is 3. The second kappa shape index (κ2) is 17.0. The highest BCUT2D eigenvalue weighted by Gasteiger charge is 2.35. The van der Waals surface area contributed by atoms with Crippen molar-refractivity contribution < 1.29 is 23.9 Å². The molecule has 1 N–H and O–H groups in total. The second-order valence-electron chi connectivity index (χ2n) is 11.6. The van der Waals surface area contributed by atoms with Crippen LogP contribution in [-0.2, 0) is 19.1 Å². The van der Waals surface area contributed by atoms with Crippen molar-refractivity contribution in [2.75, 3.05) is 12.9 Å². The number of rotatable bonds is 11. The summed E-state index contributed by atoms with van der Waals surface area (Å²) in [5.41, 5.74) is 5.19. The van der Waals surface area contributed by atoms with Crippen LogP contribution in [0, 0.1) is 13.8 Å². The number of thioether (sulfide) groups is 1. The summed E-state index contributed by atoms with van der Waals surface area (Å²) >= 11 is 7.41. The lowest BCUT2D eigenvalue weighted by Gasteiger charge is -2.28. The normalized spacial score (nSPS) is 14.3. The largest absolute Gasteiger partial charge is 0.465 e. The Kier molecular flexibility index (Phi) is 12.3. The number of aromatic nitrogens is 1. The smallest absolute Gasteiger partial charge is 0.339 e. The van der Waals surface area contributed by atoms with Crippen LogP contribution < -0.4 is 5.32 Å². The van der Waals surface area contributed by atoms with Crippen LogP contribution in [0.2, 0.25) is 5.02 Å². The van der Waals surface area contributed by atoms with Crippen LogP contribution in [0.3, 0.4) is 0 Å². The quantitative estimate of drug-likeness (QED) is 0.0726. The van der Waals surface area contributed by atoms with E-state index in [1.54, 1.807) is 49.4 Å². The maximum Gasteiger partial charge on any atom is 0.339 e. The van der Waals surface area contributed by atoms with Gasteiger partial charge in [-0.3, -0.25) is 19.3 Å². The van der Waals surface area contributed by atoms with Crippen molar-refractivity contribution >= 4 is 58.3 Å². The highest BCUT2D eigenvalue weighted by molar-refractivity contribution is 8.14. The van der Waals surface area contributed by atoms with Crippen molar-refractivity contribution in [2.45, 2.75) is 26.8 Å². The number of ether oxygens (including phenoxy) is 1. The summed E-state index contributed by atoms with van der Waals surface area (Å²) in [6.45, 7) is 9.23. The van der Waals surface area contributed by atoms with Crippen molar-refractivity contribution in [2.24, 2.45) is 4.99 Å². The van der Waals surface area contributed by atoms with Gasteiger partial charge in [0.25, 0.3) is 11.8 Å². The molecule has 0 saturated carbocycles. The van der Waals surface area contributed by atoms with Crippen molar-refractivity contribution in [3.63, 3.8) is 0 Å². The van der Waals surface area contributed by atoms with Crippen LogP contribution >= 0.6 is 23.4 Å². The number of allylic oxidation sites excluding steroid dienone is 4. The lowest BCUT2D eigenvalue weighted by atomic mass is 9.99. The van der Waals surface area contributed by atoms with E-state index in [9.17, 15) is 19.2 Å². The molecule has 0 spiro atoms. The fourth-order valence-corrected chi connectivity index (χ4v) is 6.86. The Hall–Kier alpha value is -5.71. The minimum absolute atomic E-state index is 0.0749. The zero-order valence-corrected chi connectivity index (χ0v) is 30.7. The number of benzene rings is 3. The fourth-order valence-electron chi connectivity index (χ4n) is 5.80. The molecular formula is C41H37ClN4O5S. The van der Waals surface area contributed by atoms with E-state index in [0.717, 1.165) is 34.3 Å². The average molecular weight is 733 g/mol. The van der Waals surface area contributed by atoms with Crippen LogP contribution in [-0.4, -0.2) is 51.2 Å². The van der Waals surface area contributed by atoms with Crippen LogP contribution in [0.1, 0.15) is 51.4 Å². The molecule has 0 bridgehead atoms. The topological polar surface area (TPSA) is 110 Å². The number of methoxy groups -OCH3 is 1. The molecule has 1 aliphatic rings. The third-order valence-electron chi connectivity index (χ3n) is 8.30. The molecule has 0 fully saturated rings. The Balaban J connectivity index is 1.45. The maximum atomic E-state index is 14.2. The molecule has 5 rings (SSSR count). The van der Waals surface area contributed by atoms with E-state index < -0.39 is 23.8 Å². The van der Waals surface area contributed by atoms with Crippen LogP contribution in [0.15, 0.2) is 132 Å². The molecule has 4 aromatic rings. The van der Waals surface area contributed by atoms with Gasteiger partial charge in [0.1, 0.15) is 5.57 Å². The summed E-state index contributed by atoms with van der Waals surface area (Å²) in [7, 11) is 1.29. The Labute approximate surface area is 312 Å². The fraction of sp³-hybridized carbons (Fsp3) is 0.146. The van der Waals surface area contributed by atoms with E-state index in [-0.39, 0.29) is 33.0 Å². The molecule has 0 atom stereocenters. The minimum Gasteiger partial charge on any atom is -0.465 e. The van der Waals surface area contributed by atoms with Crippen molar-refractivity contribution in [1.29, 1.82) is 0 Å². The molecule has 11 heteroatoms. The number of nitrogens with zero attached hydrogens (tertiary/aromatic N) is 3. The van der Waals surface area contributed by atoms with E-state index >= 15 is 0 Å². The first-order valence-electron chi connectivity index (χ1n) is 16.3. The van der Waals surface area contributed by atoms with Gasteiger partial charge >= 0.3 is 5.97 Å². The minimum atomic E-state index is -0.728. The monoisotopic (exact) mass is 732 g/mol. The third-order valence-corrected chi connectivity index (χ3v) is 9.55. The van der Waals surface area contributed by atoms with Gasteiger partial charge in [-0.05, 0) is 73.9 Å². The summed E-state index contributed by atoms with van der Waals surface area (Å²) in [6, 6.07) is 25.7. The van der Waals surface area contributed by atoms with Gasteiger partial charge < -0.3 is 14.6 Å². The summed E-state index contributed by atoms with van der Waals surface area (Å²) in [5, 5.41) is 3.40. The number of carbonyl (C=O) groups is 4. The van der Waals surface area contributed by atoms with E-state index in [0.29, 0.717) is 16.9 Å². The molecule has 2 heterocycles. The number of hydrogen-bond donors (Lipinski definition) is 1. The molecule has 264 valence electrons. The van der Waals surface area contributed by atoms with Gasteiger partial charge in [-0.2, -0.15) is 4.99 Å². The predicted octanol–water partition coefficient (Wildman–Crippen LogP) is 7.93. The predicted molar refractivity (Wildman–Crippen MR) is 207 cm³/mol. The first-order valence-corrected chi connectivity index (χ1v) is 17.7. The van der Waals surface area contributed by atoms with E-state index in [1.807, 2.05) is 85.1 Å². The van der Waals surface area contributed by atoms with Crippen molar-refractivity contribution in [3.05, 3.63) is 166 Å². The number of halogens is 1. The molecule has 9 nitrogen and oxygen atoms in total. The average Bonchev–Trinajstić information content (AvgIpc) is 3.44. The Morgan fingerprint density at radius 2 is 1.65 bits per heavy atom. The van der Waals surface area contributed by atoms with Crippen molar-refractivity contribution in [1.82, 2.24) is 14.8 Å². The van der Waals surface area contributed by atoms with Crippen molar-refractivity contribution in [3.8, 4) is 5.69 Å². The summed E-state index contributed by atoms with van der Waals surface area (Å²) in [4.78, 5) is 59.0. The summed E-state index contributed by atoms with van der Waals surface area (Å²) in [5.74, 6) is -2.28. The number of aryl methyl sites for hydroxylation is 1. The molecule has 52 heavy (non-hydrogen) atoms. The van der Waals surface area contributed by atoms with Gasteiger partial charge in [-0.1, -0.05) is 109 Å². The van der Waals surface area contributed by atoms with Gasteiger partial charge in [-0.15, -0.1) is 0 Å². The lowest BCUT2D eigenvalue weighted by Crippen LogP contribution is -2.42. The van der Waals surface area contributed by atoms with Gasteiger partial charge in [0, 0.05) is 22.8 Å². The lowest BCUT2D eigenvalue weighted by molar-refractivity contribution is -0.126. The zero-order chi connectivity index (χ0) is 37.4. The molecule has 3 aromatic carbocycles. The SMILES string of the molecule is C=C/C=C\C(=C/C)N1C(=O)/C(=C/c2cc(C)n(-c3ccc(C(=O)OC)c(Cl)c3)c2C)C(=O)N=C1SCC(=O)NC(c1ccccc1)c1ccccc1. The molecule has 3 amide bonds. The maximum absolute atomic E-state index is 14.2.